The SMILES string of the molecule is Cc1cccc(-c2cccc(OCc3ccccc3)c2)c1OCCBr. The van der Waals surface area contributed by atoms with Crippen LogP contribution >= 0.6 is 15.9 Å². The fourth-order valence-corrected chi connectivity index (χ4v) is 2.87. The molecule has 0 unspecified atom stereocenters. The Kier molecular flexibility index (Phi) is 6.13. The Morgan fingerprint density at radius 2 is 1.64 bits per heavy atom. The van der Waals surface area contributed by atoms with Gasteiger partial charge < -0.3 is 9.47 Å². The van der Waals surface area contributed by atoms with Crippen LogP contribution in [-0.4, -0.2) is 11.9 Å². The van der Waals surface area contributed by atoms with E-state index in [0.29, 0.717) is 13.2 Å². The molecule has 0 radical (unpaired) electrons. The zero-order valence-corrected chi connectivity index (χ0v) is 15.8. The molecule has 3 rings (SSSR count). The molecule has 2 nitrogen and oxygen atoms in total. The van der Waals surface area contributed by atoms with Crippen LogP contribution < -0.4 is 9.47 Å². The van der Waals surface area contributed by atoms with Gasteiger partial charge in [0.1, 0.15) is 18.1 Å². The molecule has 0 bridgehead atoms. The van der Waals surface area contributed by atoms with Crippen molar-refractivity contribution >= 4 is 15.9 Å². The molecule has 0 aliphatic heterocycles. The number of para-hydroxylation sites is 1. The number of hydrogen-bond acceptors (Lipinski definition) is 2. The highest BCUT2D eigenvalue weighted by Gasteiger charge is 2.10. The highest BCUT2D eigenvalue weighted by atomic mass is 79.9. The summed E-state index contributed by atoms with van der Waals surface area (Å²) in [6.45, 7) is 3.27. The predicted octanol–water partition coefficient (Wildman–Crippen LogP) is 6.01. The van der Waals surface area contributed by atoms with Crippen molar-refractivity contribution in [2.75, 3.05) is 11.9 Å². The molecule has 25 heavy (non-hydrogen) atoms. The molecule has 0 saturated heterocycles. The van der Waals surface area contributed by atoms with Gasteiger partial charge in [-0.25, -0.2) is 0 Å². The van der Waals surface area contributed by atoms with Crippen molar-refractivity contribution in [3.05, 3.63) is 83.9 Å². The fraction of sp³-hybridized carbons (Fsp3) is 0.182. The van der Waals surface area contributed by atoms with Gasteiger partial charge in [-0.15, -0.1) is 0 Å². The monoisotopic (exact) mass is 396 g/mol. The maximum atomic E-state index is 5.96. The van der Waals surface area contributed by atoms with Crippen molar-refractivity contribution in [3.8, 4) is 22.6 Å². The lowest BCUT2D eigenvalue weighted by Crippen LogP contribution is -2.01. The fourth-order valence-electron chi connectivity index (χ4n) is 2.71. The summed E-state index contributed by atoms with van der Waals surface area (Å²) in [5, 5.41) is 0.807. The van der Waals surface area contributed by atoms with Crippen molar-refractivity contribution in [2.24, 2.45) is 0 Å². The Hall–Kier alpha value is -2.26. The van der Waals surface area contributed by atoms with E-state index in [1.807, 2.05) is 30.3 Å². The number of hydrogen-bond donors (Lipinski definition) is 0. The molecule has 0 spiro atoms. The number of aryl methyl sites for hydroxylation is 1. The number of halogens is 1. The number of rotatable bonds is 7. The highest BCUT2D eigenvalue weighted by Crippen LogP contribution is 2.34. The van der Waals surface area contributed by atoms with Gasteiger partial charge in [-0.1, -0.05) is 76.6 Å². The smallest absolute Gasteiger partial charge is 0.130 e. The summed E-state index contributed by atoms with van der Waals surface area (Å²) in [6.07, 6.45) is 0. The molecule has 0 N–H and O–H groups in total. The second-order valence-electron chi connectivity index (χ2n) is 5.79. The third kappa shape index (κ3) is 4.64. The van der Waals surface area contributed by atoms with E-state index in [0.717, 1.165) is 39.1 Å². The predicted molar refractivity (Wildman–Crippen MR) is 107 cm³/mol. The zero-order chi connectivity index (χ0) is 17.5. The van der Waals surface area contributed by atoms with Crippen LogP contribution in [0.5, 0.6) is 11.5 Å². The van der Waals surface area contributed by atoms with Gasteiger partial charge in [-0.2, -0.15) is 0 Å². The molecule has 0 aliphatic carbocycles. The summed E-state index contributed by atoms with van der Waals surface area (Å²) in [4.78, 5) is 0. The Balaban J connectivity index is 1.83. The molecule has 0 amide bonds. The molecule has 3 heteroatoms. The van der Waals surface area contributed by atoms with Gasteiger partial charge in [0.2, 0.25) is 0 Å². The standard InChI is InChI=1S/C22H21BrO2/c1-17-7-5-12-21(22(17)24-14-13-23)19-10-6-11-20(15-19)25-16-18-8-3-2-4-9-18/h2-12,15H,13-14,16H2,1H3. The van der Waals surface area contributed by atoms with Crippen molar-refractivity contribution < 1.29 is 9.47 Å². The molecule has 0 aromatic heterocycles. The Morgan fingerprint density at radius 3 is 2.44 bits per heavy atom. The first-order valence-electron chi connectivity index (χ1n) is 8.33. The highest BCUT2D eigenvalue weighted by molar-refractivity contribution is 9.09. The van der Waals surface area contributed by atoms with Gasteiger partial charge in [-0.05, 0) is 35.7 Å². The summed E-state index contributed by atoms with van der Waals surface area (Å²) in [5.41, 5.74) is 4.48. The topological polar surface area (TPSA) is 18.5 Å². The summed E-state index contributed by atoms with van der Waals surface area (Å²) < 4.78 is 11.9. The first-order chi connectivity index (χ1) is 12.3. The second-order valence-corrected chi connectivity index (χ2v) is 6.58. The summed E-state index contributed by atoms with van der Waals surface area (Å²) in [6, 6.07) is 24.6. The van der Waals surface area contributed by atoms with E-state index < -0.39 is 0 Å². The summed E-state index contributed by atoms with van der Waals surface area (Å²) in [7, 11) is 0. The van der Waals surface area contributed by atoms with Gasteiger partial charge in [-0.3, -0.25) is 0 Å². The van der Waals surface area contributed by atoms with E-state index >= 15 is 0 Å². The molecule has 0 fully saturated rings. The van der Waals surface area contributed by atoms with Crippen LogP contribution in [0.3, 0.4) is 0 Å². The molecule has 0 saturated carbocycles. The molecule has 128 valence electrons. The van der Waals surface area contributed by atoms with Crippen LogP contribution in [0.25, 0.3) is 11.1 Å². The lowest BCUT2D eigenvalue weighted by molar-refractivity contribution is 0.306. The van der Waals surface area contributed by atoms with Gasteiger partial charge in [0, 0.05) is 10.9 Å². The maximum Gasteiger partial charge on any atom is 0.130 e. The lowest BCUT2D eigenvalue weighted by atomic mass is 10.0. The first kappa shape index (κ1) is 17.6. The number of benzene rings is 3. The van der Waals surface area contributed by atoms with Crippen molar-refractivity contribution in [1.29, 1.82) is 0 Å². The van der Waals surface area contributed by atoms with E-state index in [1.54, 1.807) is 0 Å². The van der Waals surface area contributed by atoms with Crippen LogP contribution in [0.1, 0.15) is 11.1 Å². The Labute approximate surface area is 157 Å². The number of alkyl halides is 1. The Morgan fingerprint density at radius 1 is 0.840 bits per heavy atom. The van der Waals surface area contributed by atoms with Crippen molar-refractivity contribution in [1.82, 2.24) is 0 Å². The normalized spacial score (nSPS) is 10.5. The summed E-state index contributed by atoms with van der Waals surface area (Å²) >= 11 is 3.42. The summed E-state index contributed by atoms with van der Waals surface area (Å²) in [5.74, 6) is 1.79. The minimum atomic E-state index is 0.561. The lowest BCUT2D eigenvalue weighted by Gasteiger charge is -2.14. The molecule has 0 aliphatic rings. The van der Waals surface area contributed by atoms with Crippen LogP contribution in [-0.2, 0) is 6.61 Å². The molecule has 3 aromatic carbocycles. The first-order valence-corrected chi connectivity index (χ1v) is 9.45. The molecular weight excluding hydrogens is 376 g/mol. The van der Waals surface area contributed by atoms with E-state index in [1.165, 1.54) is 0 Å². The van der Waals surface area contributed by atoms with Crippen LogP contribution in [0, 0.1) is 6.92 Å². The van der Waals surface area contributed by atoms with Crippen molar-refractivity contribution in [3.63, 3.8) is 0 Å². The van der Waals surface area contributed by atoms with Gasteiger partial charge in [0.15, 0.2) is 0 Å². The minimum Gasteiger partial charge on any atom is -0.492 e. The molecule has 0 atom stereocenters. The third-order valence-electron chi connectivity index (χ3n) is 3.93. The molecule has 3 aromatic rings. The Bertz CT molecular complexity index is 815. The van der Waals surface area contributed by atoms with Gasteiger partial charge >= 0.3 is 0 Å². The second kappa shape index (κ2) is 8.72. The largest absolute Gasteiger partial charge is 0.492 e. The quantitative estimate of drug-likeness (QED) is 0.454. The van der Waals surface area contributed by atoms with E-state index in [-0.39, 0.29) is 0 Å². The number of ether oxygens (including phenoxy) is 2. The van der Waals surface area contributed by atoms with Gasteiger partial charge in [0.25, 0.3) is 0 Å². The van der Waals surface area contributed by atoms with Crippen LogP contribution in [0.4, 0.5) is 0 Å². The van der Waals surface area contributed by atoms with Crippen molar-refractivity contribution in [2.45, 2.75) is 13.5 Å². The molecular formula is C22H21BrO2. The molecule has 0 heterocycles. The van der Waals surface area contributed by atoms with Gasteiger partial charge in [0.05, 0.1) is 6.61 Å². The van der Waals surface area contributed by atoms with Crippen LogP contribution in [0.15, 0.2) is 72.8 Å². The third-order valence-corrected chi connectivity index (χ3v) is 4.25. The van der Waals surface area contributed by atoms with E-state index in [9.17, 15) is 0 Å². The van der Waals surface area contributed by atoms with E-state index in [2.05, 4.69) is 65.3 Å². The average molecular weight is 397 g/mol. The zero-order valence-electron chi connectivity index (χ0n) is 14.2. The maximum absolute atomic E-state index is 5.96. The van der Waals surface area contributed by atoms with Crippen LogP contribution in [0.2, 0.25) is 0 Å². The minimum absolute atomic E-state index is 0.561. The average Bonchev–Trinajstić information content (AvgIpc) is 2.66. The van der Waals surface area contributed by atoms with E-state index in [4.69, 9.17) is 9.47 Å².